The van der Waals surface area contributed by atoms with E-state index in [9.17, 15) is 35.9 Å². The number of alkyl halides is 6. The van der Waals surface area contributed by atoms with Gasteiger partial charge in [0.05, 0.1) is 36.5 Å². The first kappa shape index (κ1) is 31.9. The van der Waals surface area contributed by atoms with Crippen LogP contribution in [0.3, 0.4) is 0 Å². The summed E-state index contributed by atoms with van der Waals surface area (Å²) in [6, 6.07) is 9.21. The minimum Gasteiger partial charge on any atom is -0.496 e. The molecule has 14 heteroatoms. The van der Waals surface area contributed by atoms with Crippen LogP contribution in [0.25, 0.3) is 11.1 Å². The third kappa shape index (κ3) is 6.79. The van der Waals surface area contributed by atoms with Crippen LogP contribution in [0.5, 0.6) is 5.75 Å². The summed E-state index contributed by atoms with van der Waals surface area (Å²) in [4.78, 5) is 32.6. The van der Waals surface area contributed by atoms with E-state index in [4.69, 9.17) is 20.2 Å². The van der Waals surface area contributed by atoms with Gasteiger partial charge in [0.15, 0.2) is 0 Å². The maximum absolute atomic E-state index is 13.6. The van der Waals surface area contributed by atoms with Gasteiger partial charge < -0.3 is 20.1 Å². The second-order valence-corrected chi connectivity index (χ2v) is 11.0. The Hall–Kier alpha value is -4.49. The molecule has 3 aromatic rings. The summed E-state index contributed by atoms with van der Waals surface area (Å²) in [5.74, 6) is 0.664. The van der Waals surface area contributed by atoms with Crippen molar-refractivity contribution in [2.45, 2.75) is 57.2 Å². The normalized spacial score (nSPS) is 18.5. The first-order valence-electron chi connectivity index (χ1n) is 14.1. The molecule has 2 aliphatic heterocycles. The predicted octanol–water partition coefficient (Wildman–Crippen LogP) is 6.50. The van der Waals surface area contributed by atoms with Crippen molar-refractivity contribution in [3.05, 3.63) is 76.5 Å². The average molecular weight is 637 g/mol. The van der Waals surface area contributed by atoms with Gasteiger partial charge in [-0.1, -0.05) is 6.07 Å². The van der Waals surface area contributed by atoms with Gasteiger partial charge in [-0.05, 0) is 73.4 Å². The Morgan fingerprint density at radius 3 is 2.22 bits per heavy atom. The third-order valence-electron chi connectivity index (χ3n) is 8.00. The minimum absolute atomic E-state index is 0.0329. The van der Waals surface area contributed by atoms with E-state index in [-0.39, 0.29) is 19.0 Å². The summed E-state index contributed by atoms with van der Waals surface area (Å²) in [6.07, 6.45) is -11.0. The van der Waals surface area contributed by atoms with E-state index in [0.29, 0.717) is 46.9 Å². The van der Waals surface area contributed by atoms with Crippen molar-refractivity contribution in [2.24, 2.45) is 5.73 Å². The van der Waals surface area contributed by atoms with E-state index in [1.165, 1.54) is 18.9 Å². The summed E-state index contributed by atoms with van der Waals surface area (Å²) in [7, 11) is 1.48. The van der Waals surface area contributed by atoms with Crippen LogP contribution in [0.4, 0.5) is 37.0 Å². The lowest BCUT2D eigenvalue weighted by Crippen LogP contribution is -2.38. The van der Waals surface area contributed by atoms with Gasteiger partial charge in [0.1, 0.15) is 17.7 Å². The highest BCUT2D eigenvalue weighted by Gasteiger charge is 2.43. The topological polar surface area (TPSA) is 98.0 Å². The summed E-state index contributed by atoms with van der Waals surface area (Å²) >= 11 is 0. The van der Waals surface area contributed by atoms with Gasteiger partial charge >= 0.3 is 18.4 Å². The summed E-state index contributed by atoms with van der Waals surface area (Å²) in [6.45, 7) is 2.89. The maximum atomic E-state index is 13.6. The number of benzene rings is 2. The van der Waals surface area contributed by atoms with E-state index in [1.807, 2.05) is 23.1 Å². The highest BCUT2D eigenvalue weighted by atomic mass is 19.4. The number of nitrogens with two attached hydrogens (primary N) is 1. The number of halogens is 6. The van der Waals surface area contributed by atoms with Crippen LogP contribution in [0, 0.1) is 0 Å². The first-order chi connectivity index (χ1) is 21.2. The Bertz CT molecular complexity index is 1570. The van der Waals surface area contributed by atoms with Gasteiger partial charge in [0, 0.05) is 30.6 Å². The van der Waals surface area contributed by atoms with Crippen LogP contribution in [0.1, 0.15) is 53.8 Å². The molecule has 0 bridgehead atoms. The minimum atomic E-state index is -5.05. The molecule has 8 nitrogen and oxygen atoms in total. The van der Waals surface area contributed by atoms with Crippen LogP contribution in [-0.4, -0.2) is 48.1 Å². The van der Waals surface area contributed by atoms with Crippen LogP contribution >= 0.6 is 0 Å². The van der Waals surface area contributed by atoms with Crippen LogP contribution in [-0.2, 0) is 34.8 Å². The number of primary amides is 1. The number of hydrogen-bond acceptors (Lipinski definition) is 6. The van der Waals surface area contributed by atoms with E-state index in [0.717, 1.165) is 25.1 Å². The number of nitrogens with zero attached hydrogens (tertiary/aromatic N) is 3. The zero-order valence-electron chi connectivity index (χ0n) is 24.3. The number of amides is 2. The van der Waals surface area contributed by atoms with Gasteiger partial charge in [-0.2, -0.15) is 26.3 Å². The predicted molar refractivity (Wildman–Crippen MR) is 151 cm³/mol. The molecular weight excluding hydrogens is 606 g/mol. The van der Waals surface area contributed by atoms with Crippen molar-refractivity contribution in [1.29, 1.82) is 0 Å². The Morgan fingerprint density at radius 2 is 1.67 bits per heavy atom. The SMILES string of the molecule is COc1ccc(CCC(N)=O)cc1-c1ccc(N2CCC2)nc1CN1C(=O)O[C@H](c2cc(C(F)(F)F)cc(C(F)(F)F)c2)[C@@H]1C. The van der Waals surface area contributed by atoms with Gasteiger partial charge in [-0.3, -0.25) is 9.69 Å². The second-order valence-electron chi connectivity index (χ2n) is 11.0. The molecular formula is C31H30F6N4O4. The molecule has 45 heavy (non-hydrogen) atoms. The molecule has 0 aliphatic carbocycles. The molecule has 3 heterocycles. The smallest absolute Gasteiger partial charge is 0.416 e. The Labute approximate surface area is 254 Å². The van der Waals surface area contributed by atoms with Crippen molar-refractivity contribution in [3.63, 3.8) is 0 Å². The number of aryl methyl sites for hydroxylation is 1. The monoisotopic (exact) mass is 636 g/mol. The number of ether oxygens (including phenoxy) is 2. The van der Waals surface area contributed by atoms with Crippen molar-refractivity contribution in [1.82, 2.24) is 9.88 Å². The van der Waals surface area contributed by atoms with Gasteiger partial charge in [-0.25, -0.2) is 9.78 Å². The molecule has 0 saturated carbocycles. The van der Waals surface area contributed by atoms with Gasteiger partial charge in [0.25, 0.3) is 0 Å². The molecule has 2 aromatic carbocycles. The Balaban J connectivity index is 1.53. The molecule has 2 fully saturated rings. The fourth-order valence-electron chi connectivity index (χ4n) is 5.43. The standard InChI is InChI=1S/C31H30F6N4O4/c1-17-28(19-13-20(30(32,33)34)15-21(14-19)31(35,36)37)45-29(43)41(17)16-24-22(6-9-27(39-24)40-10-3-11-40)23-12-18(5-8-26(38)42)4-7-25(23)44-2/h4,6-7,9,12-15,17,28H,3,5,8,10-11,16H2,1-2H3,(H2,38,42)/t17-,28-/m0/s1. The third-order valence-corrected chi connectivity index (χ3v) is 8.00. The number of hydrogen-bond donors (Lipinski definition) is 1. The Morgan fingerprint density at radius 1 is 1.00 bits per heavy atom. The number of methoxy groups -OCH3 is 1. The number of rotatable bonds is 9. The van der Waals surface area contributed by atoms with Crippen molar-refractivity contribution in [2.75, 3.05) is 25.1 Å². The molecule has 2 saturated heterocycles. The van der Waals surface area contributed by atoms with E-state index >= 15 is 0 Å². The number of aromatic nitrogens is 1. The van der Waals surface area contributed by atoms with Crippen molar-refractivity contribution in [3.8, 4) is 16.9 Å². The molecule has 240 valence electrons. The van der Waals surface area contributed by atoms with Crippen LogP contribution in [0.2, 0.25) is 0 Å². The van der Waals surface area contributed by atoms with Crippen molar-refractivity contribution >= 4 is 17.8 Å². The highest BCUT2D eigenvalue weighted by Crippen LogP contribution is 2.42. The molecule has 0 radical (unpaired) electrons. The Kier molecular flexibility index (Phi) is 8.60. The van der Waals surface area contributed by atoms with Gasteiger partial charge in [-0.15, -0.1) is 0 Å². The summed E-state index contributed by atoms with van der Waals surface area (Å²) in [5, 5.41) is 0. The number of carbonyl (C=O) groups excluding carboxylic acids is 2. The highest BCUT2D eigenvalue weighted by molar-refractivity contribution is 5.77. The fraction of sp³-hybridized carbons (Fsp3) is 0.387. The zero-order valence-corrected chi connectivity index (χ0v) is 24.3. The number of carbonyl (C=O) groups is 2. The van der Waals surface area contributed by atoms with Gasteiger partial charge in [0.2, 0.25) is 5.91 Å². The summed E-state index contributed by atoms with van der Waals surface area (Å²) < 4.78 is 92.3. The number of pyridine rings is 1. The van der Waals surface area contributed by atoms with E-state index in [2.05, 4.69) is 0 Å². The zero-order chi connectivity index (χ0) is 32.7. The molecule has 2 N–H and O–H groups in total. The second kappa shape index (κ2) is 12.1. The molecule has 2 aliphatic rings. The number of anilines is 1. The molecule has 2 amide bonds. The van der Waals surface area contributed by atoms with Crippen LogP contribution < -0.4 is 15.4 Å². The quantitative estimate of drug-likeness (QED) is 0.269. The molecule has 0 spiro atoms. The molecule has 2 atom stereocenters. The average Bonchev–Trinajstić information content (AvgIpc) is 3.22. The lowest BCUT2D eigenvalue weighted by molar-refractivity contribution is -0.143. The first-order valence-corrected chi connectivity index (χ1v) is 14.1. The largest absolute Gasteiger partial charge is 0.496 e. The van der Waals surface area contributed by atoms with Crippen LogP contribution in [0.15, 0.2) is 48.5 Å². The summed E-state index contributed by atoms with van der Waals surface area (Å²) in [5.41, 5.74) is 4.31. The van der Waals surface area contributed by atoms with E-state index in [1.54, 1.807) is 12.1 Å². The lowest BCUT2D eigenvalue weighted by Gasteiger charge is -2.33. The number of cyclic esters (lactones) is 1. The molecule has 5 rings (SSSR count). The lowest BCUT2D eigenvalue weighted by atomic mass is 9.96. The molecule has 0 unspecified atom stereocenters. The van der Waals surface area contributed by atoms with E-state index < -0.39 is 53.2 Å². The van der Waals surface area contributed by atoms with Crippen molar-refractivity contribution < 1.29 is 45.4 Å². The fourth-order valence-corrected chi connectivity index (χ4v) is 5.43. The molecule has 1 aromatic heterocycles. The maximum Gasteiger partial charge on any atom is 0.416 e.